The number of allylic oxidation sites excluding steroid dienone is 4. The molecule has 0 unspecified atom stereocenters. The van der Waals surface area contributed by atoms with Crippen LogP contribution in [0.25, 0.3) is 0 Å². The fraction of sp³-hybridized carbons (Fsp3) is 0.667. The summed E-state index contributed by atoms with van der Waals surface area (Å²) >= 11 is 0. The molecule has 0 heterocycles. The van der Waals surface area contributed by atoms with Gasteiger partial charge in [-0.15, -0.1) is 0 Å². The van der Waals surface area contributed by atoms with E-state index >= 15 is 0 Å². The van der Waals surface area contributed by atoms with Gasteiger partial charge in [-0.3, -0.25) is 4.79 Å². The second kappa shape index (κ2) is 5.60. The normalized spacial score (nSPS) is 49.6. The number of aliphatic hydroxyl groups excluding tert-OH is 1. The molecule has 0 aromatic rings. The zero-order chi connectivity index (χ0) is 18.0. The molecule has 6 atom stereocenters. The monoisotopic (exact) mass is 348 g/mol. The van der Waals surface area contributed by atoms with Gasteiger partial charge < -0.3 is 5.11 Å². The van der Waals surface area contributed by atoms with Gasteiger partial charge in [0.05, 0.1) is 12.7 Å². The topological polar surface area (TPSA) is 37.3 Å². The maximum Gasteiger partial charge on any atom is 0.167 e. The first-order valence-electron chi connectivity index (χ1n) is 9.43. The van der Waals surface area contributed by atoms with Gasteiger partial charge >= 0.3 is 0 Å². The Bertz CT molecular complexity index is 707. The largest absolute Gasteiger partial charge is 0.385 e. The van der Waals surface area contributed by atoms with E-state index in [0.717, 1.165) is 37.7 Å². The van der Waals surface area contributed by atoms with E-state index in [0.29, 0.717) is 30.2 Å². The summed E-state index contributed by atoms with van der Waals surface area (Å²) in [6.45, 7) is 4.10. The number of halogens is 2. The molecular weight excluding hydrogens is 322 g/mol. The lowest BCUT2D eigenvalue weighted by atomic mass is 9.45. The van der Waals surface area contributed by atoms with Crippen LogP contribution in [-0.4, -0.2) is 17.0 Å². The summed E-state index contributed by atoms with van der Waals surface area (Å²) in [5, 5.41) is 10.2. The minimum absolute atomic E-state index is 0.116. The molecule has 0 saturated heterocycles. The van der Waals surface area contributed by atoms with Crippen LogP contribution in [0.1, 0.15) is 52.4 Å². The maximum absolute atomic E-state index is 14.0. The molecule has 1 N–H and O–H groups in total. The number of ketones is 1. The van der Waals surface area contributed by atoms with Crippen molar-refractivity contribution in [3.8, 4) is 0 Å². The zero-order valence-corrected chi connectivity index (χ0v) is 14.9. The van der Waals surface area contributed by atoms with Crippen molar-refractivity contribution < 1.29 is 18.7 Å². The molecule has 0 radical (unpaired) electrons. The highest BCUT2D eigenvalue weighted by Crippen LogP contribution is 2.67. The number of hydrogen-bond donors (Lipinski definition) is 1. The van der Waals surface area contributed by atoms with Gasteiger partial charge in [0.1, 0.15) is 6.10 Å². The minimum atomic E-state index is -0.969. The number of fused-ring (bicyclic) bond motifs is 5. The smallest absolute Gasteiger partial charge is 0.167 e. The molecule has 25 heavy (non-hydrogen) atoms. The molecule has 4 aliphatic carbocycles. The van der Waals surface area contributed by atoms with Crippen LogP contribution in [0.15, 0.2) is 35.5 Å². The number of carbonyl (C=O) groups is 1. The van der Waals surface area contributed by atoms with Gasteiger partial charge in [-0.1, -0.05) is 19.9 Å². The summed E-state index contributed by atoms with van der Waals surface area (Å²) in [6.07, 6.45) is 7.06. The summed E-state index contributed by atoms with van der Waals surface area (Å²) in [5.41, 5.74) is 0.924. The molecule has 2 nitrogen and oxygen atoms in total. The minimum Gasteiger partial charge on any atom is -0.385 e. The number of rotatable bonds is 0. The maximum atomic E-state index is 14.0. The van der Waals surface area contributed by atoms with Crippen molar-refractivity contribution in [2.45, 2.75) is 58.5 Å². The Morgan fingerprint density at radius 1 is 1.16 bits per heavy atom. The molecular formula is C21H26F2O2. The number of hydrogen-bond acceptors (Lipinski definition) is 2. The zero-order valence-electron chi connectivity index (χ0n) is 14.9. The van der Waals surface area contributed by atoms with Crippen LogP contribution in [-0.2, 0) is 4.79 Å². The first kappa shape index (κ1) is 17.1. The fourth-order valence-electron chi connectivity index (χ4n) is 6.56. The van der Waals surface area contributed by atoms with Crippen LogP contribution in [0, 0.1) is 28.6 Å². The number of carbonyl (C=O) groups excluding carboxylic acids is 1. The number of aliphatic hydroxyl groups is 1. The van der Waals surface area contributed by atoms with Crippen molar-refractivity contribution in [3.05, 3.63) is 35.5 Å². The lowest BCUT2D eigenvalue weighted by Gasteiger charge is -2.57. The summed E-state index contributed by atoms with van der Waals surface area (Å²) < 4.78 is 27.9. The van der Waals surface area contributed by atoms with Crippen LogP contribution < -0.4 is 0 Å². The molecule has 4 rings (SSSR count). The Balaban J connectivity index is 1.88. The first-order chi connectivity index (χ1) is 11.9. The van der Waals surface area contributed by atoms with Crippen LogP contribution >= 0.6 is 0 Å². The number of Topliss-reactive ketones (excluding diaryl/α,β-unsaturated/α-hetero) is 1. The van der Waals surface area contributed by atoms with Crippen molar-refractivity contribution in [2.24, 2.45) is 28.6 Å². The van der Waals surface area contributed by atoms with Crippen molar-refractivity contribution in [2.75, 3.05) is 0 Å². The van der Waals surface area contributed by atoms with Gasteiger partial charge in [-0.05, 0) is 72.8 Å². The van der Waals surface area contributed by atoms with Gasteiger partial charge in [0.2, 0.25) is 0 Å². The van der Waals surface area contributed by atoms with Gasteiger partial charge in [0, 0.05) is 11.0 Å². The third-order valence-electron chi connectivity index (χ3n) is 7.87. The van der Waals surface area contributed by atoms with Crippen LogP contribution in [0.4, 0.5) is 8.78 Å². The van der Waals surface area contributed by atoms with Crippen LogP contribution in [0.5, 0.6) is 0 Å². The van der Waals surface area contributed by atoms with Gasteiger partial charge in [-0.25, -0.2) is 8.78 Å². The Kier molecular flexibility index (Phi) is 3.84. The van der Waals surface area contributed by atoms with Crippen molar-refractivity contribution in [1.29, 1.82) is 0 Å². The molecule has 0 bridgehead atoms. The molecule has 3 fully saturated rings. The molecule has 0 aromatic carbocycles. The molecule has 136 valence electrons. The van der Waals surface area contributed by atoms with E-state index in [4.69, 9.17) is 0 Å². The van der Waals surface area contributed by atoms with Crippen molar-refractivity contribution in [3.63, 3.8) is 0 Å². The van der Waals surface area contributed by atoms with E-state index in [1.165, 1.54) is 0 Å². The van der Waals surface area contributed by atoms with Gasteiger partial charge in [0.15, 0.2) is 5.78 Å². The highest BCUT2D eigenvalue weighted by molar-refractivity contribution is 5.91. The van der Waals surface area contributed by atoms with E-state index < -0.39 is 11.5 Å². The predicted molar refractivity (Wildman–Crippen MR) is 91.9 cm³/mol. The van der Waals surface area contributed by atoms with E-state index in [1.807, 2.05) is 6.92 Å². The highest BCUT2D eigenvalue weighted by atomic mass is 19.1. The lowest BCUT2D eigenvalue weighted by molar-refractivity contribution is -0.135. The average Bonchev–Trinajstić information content (AvgIpc) is 2.84. The molecule has 0 spiro atoms. The highest BCUT2D eigenvalue weighted by Gasteiger charge is 2.63. The van der Waals surface area contributed by atoms with Gasteiger partial charge in [0.25, 0.3) is 0 Å². The quantitative estimate of drug-likeness (QED) is 0.682. The molecule has 4 heteroatoms. The molecule has 0 aliphatic heterocycles. The summed E-state index contributed by atoms with van der Waals surface area (Å²) in [6, 6.07) is 0. The first-order valence-corrected chi connectivity index (χ1v) is 9.43. The van der Waals surface area contributed by atoms with Crippen LogP contribution in [0.2, 0.25) is 0 Å². The van der Waals surface area contributed by atoms with E-state index in [1.54, 1.807) is 0 Å². The Hall–Kier alpha value is -1.29. The second-order valence-corrected chi connectivity index (χ2v) is 8.83. The van der Waals surface area contributed by atoms with Gasteiger partial charge in [-0.2, -0.15) is 0 Å². The fourth-order valence-corrected chi connectivity index (χ4v) is 6.56. The SMILES string of the molecule is C[C@]12CCCC=C1C(=C/F)/C(=C/F)[C@@H]1[C@@H]2CC[C@]2(C)C(=O)[C@H](O)C[C@@H]12. The Morgan fingerprint density at radius 2 is 1.92 bits per heavy atom. The van der Waals surface area contributed by atoms with E-state index in [9.17, 15) is 18.7 Å². The molecule has 3 saturated carbocycles. The van der Waals surface area contributed by atoms with E-state index in [-0.39, 0.29) is 29.0 Å². The third-order valence-corrected chi connectivity index (χ3v) is 7.87. The molecule has 0 aromatic heterocycles. The summed E-state index contributed by atoms with van der Waals surface area (Å²) in [5.74, 6) is -0.242. The Labute approximate surface area is 147 Å². The Morgan fingerprint density at radius 3 is 2.60 bits per heavy atom. The van der Waals surface area contributed by atoms with E-state index in [2.05, 4.69) is 13.0 Å². The standard InChI is InChI=1S/C21H26F2O2/c1-20-7-4-3-5-14(20)12(10-22)13(11-23)18-15(20)6-8-21(2)16(18)9-17(24)19(21)25/h5,10-11,15-18,24H,3-4,6-9H2,1-2H3/b12-10+,13-11-/t15-,16-,17+,18+,20-,21-/m0/s1. The third kappa shape index (κ3) is 2.06. The second-order valence-electron chi connectivity index (χ2n) is 8.83. The van der Waals surface area contributed by atoms with Crippen LogP contribution in [0.3, 0.4) is 0 Å². The van der Waals surface area contributed by atoms with Crippen molar-refractivity contribution in [1.82, 2.24) is 0 Å². The van der Waals surface area contributed by atoms with Crippen molar-refractivity contribution >= 4 is 5.78 Å². The lowest BCUT2D eigenvalue weighted by Crippen LogP contribution is -2.51. The predicted octanol–water partition coefficient (Wildman–Crippen LogP) is 4.81. The summed E-state index contributed by atoms with van der Waals surface area (Å²) in [4.78, 5) is 12.6. The summed E-state index contributed by atoms with van der Waals surface area (Å²) in [7, 11) is 0. The molecule has 0 amide bonds. The molecule has 4 aliphatic rings. The average molecular weight is 348 g/mol.